The van der Waals surface area contributed by atoms with Crippen LogP contribution in [0, 0.1) is 23.2 Å². The first-order valence-corrected chi connectivity index (χ1v) is 3.92. The Morgan fingerprint density at radius 1 is 1.70 bits per heavy atom. The summed E-state index contributed by atoms with van der Waals surface area (Å²) in [5.74, 6) is 1.72. The maximum absolute atomic E-state index is 8.22. The van der Waals surface area contributed by atoms with Gasteiger partial charge in [0.25, 0.3) is 0 Å². The Hall–Kier alpha value is -0.550. The molecule has 0 spiro atoms. The third-order valence-corrected chi connectivity index (χ3v) is 2.10. The van der Waals surface area contributed by atoms with Crippen molar-refractivity contribution in [2.45, 2.75) is 19.8 Å². The van der Waals surface area contributed by atoms with Gasteiger partial charge in [0.1, 0.15) is 0 Å². The van der Waals surface area contributed by atoms with Crippen molar-refractivity contribution in [2.75, 3.05) is 13.1 Å². The maximum Gasteiger partial charge on any atom is 0.0841 e. The molecule has 0 radical (unpaired) electrons. The van der Waals surface area contributed by atoms with E-state index < -0.39 is 0 Å². The first-order chi connectivity index (χ1) is 4.84. The van der Waals surface area contributed by atoms with Crippen LogP contribution in [-0.2, 0) is 0 Å². The van der Waals surface area contributed by atoms with E-state index in [2.05, 4.69) is 18.3 Å². The molecule has 0 saturated heterocycles. The molecule has 0 bridgehead atoms. The summed E-state index contributed by atoms with van der Waals surface area (Å²) in [6.07, 6.45) is 2.80. The van der Waals surface area contributed by atoms with Gasteiger partial charge in [-0.15, -0.1) is 0 Å². The highest BCUT2D eigenvalue weighted by atomic mass is 14.9. The van der Waals surface area contributed by atoms with Crippen LogP contribution in [0.1, 0.15) is 19.8 Å². The van der Waals surface area contributed by atoms with Crippen molar-refractivity contribution >= 4 is 0 Å². The minimum absolute atomic E-state index is 0.497. The monoisotopic (exact) mass is 138 g/mol. The first-order valence-electron chi connectivity index (χ1n) is 3.92. The van der Waals surface area contributed by atoms with E-state index in [0.29, 0.717) is 6.54 Å². The summed E-state index contributed by atoms with van der Waals surface area (Å²) < 4.78 is 0. The van der Waals surface area contributed by atoms with Gasteiger partial charge in [0.15, 0.2) is 0 Å². The molecule has 1 aliphatic carbocycles. The number of nitrogens with zero attached hydrogens (tertiary/aromatic N) is 1. The summed E-state index contributed by atoms with van der Waals surface area (Å²) in [6, 6.07) is 2.07. The molecule has 2 nitrogen and oxygen atoms in total. The van der Waals surface area contributed by atoms with Gasteiger partial charge in [-0.2, -0.15) is 5.26 Å². The van der Waals surface area contributed by atoms with Gasteiger partial charge in [0, 0.05) is 0 Å². The largest absolute Gasteiger partial charge is 0.304 e. The van der Waals surface area contributed by atoms with E-state index in [0.717, 1.165) is 18.4 Å². The topological polar surface area (TPSA) is 35.8 Å². The van der Waals surface area contributed by atoms with Gasteiger partial charge in [-0.3, -0.25) is 0 Å². The minimum atomic E-state index is 0.497. The summed E-state index contributed by atoms with van der Waals surface area (Å²) in [4.78, 5) is 0. The van der Waals surface area contributed by atoms with Crippen LogP contribution in [0.5, 0.6) is 0 Å². The predicted molar refractivity (Wildman–Crippen MR) is 40.4 cm³/mol. The van der Waals surface area contributed by atoms with Gasteiger partial charge in [-0.1, -0.05) is 6.92 Å². The average Bonchev–Trinajstić information content (AvgIpc) is 2.69. The van der Waals surface area contributed by atoms with E-state index in [1.54, 1.807) is 0 Å². The Morgan fingerprint density at radius 2 is 2.40 bits per heavy atom. The van der Waals surface area contributed by atoms with Crippen molar-refractivity contribution in [2.24, 2.45) is 11.8 Å². The summed E-state index contributed by atoms with van der Waals surface area (Å²) in [6.45, 7) is 3.76. The van der Waals surface area contributed by atoms with Crippen LogP contribution in [0.15, 0.2) is 0 Å². The highest BCUT2D eigenvalue weighted by Crippen LogP contribution is 2.35. The van der Waals surface area contributed by atoms with Crippen LogP contribution in [0.25, 0.3) is 0 Å². The van der Waals surface area contributed by atoms with Crippen molar-refractivity contribution in [3.63, 3.8) is 0 Å². The molecule has 1 atom stereocenters. The van der Waals surface area contributed by atoms with E-state index in [-0.39, 0.29) is 0 Å². The fourth-order valence-corrected chi connectivity index (χ4v) is 1.19. The maximum atomic E-state index is 8.22. The zero-order chi connectivity index (χ0) is 7.40. The zero-order valence-electron chi connectivity index (χ0n) is 6.43. The van der Waals surface area contributed by atoms with Gasteiger partial charge in [-0.25, -0.2) is 0 Å². The first kappa shape index (κ1) is 7.56. The molecule has 10 heavy (non-hydrogen) atoms. The standard InChI is InChI=1S/C8H14N2/c1-7(8-2-3-8)6-10-5-4-9/h7-8,10H,2-3,5-6H2,1H3. The molecule has 56 valence electrons. The van der Waals surface area contributed by atoms with Gasteiger partial charge >= 0.3 is 0 Å². The van der Waals surface area contributed by atoms with Crippen LogP contribution in [0.3, 0.4) is 0 Å². The third-order valence-electron chi connectivity index (χ3n) is 2.10. The predicted octanol–water partition coefficient (Wildman–Crippen LogP) is 1.15. The lowest BCUT2D eigenvalue weighted by atomic mass is 10.1. The number of hydrogen-bond donors (Lipinski definition) is 1. The van der Waals surface area contributed by atoms with Crippen LogP contribution >= 0.6 is 0 Å². The van der Waals surface area contributed by atoms with Crippen molar-refractivity contribution in [3.8, 4) is 6.07 Å². The van der Waals surface area contributed by atoms with Crippen LogP contribution < -0.4 is 5.32 Å². The fraction of sp³-hybridized carbons (Fsp3) is 0.875. The molecule has 1 aliphatic rings. The van der Waals surface area contributed by atoms with Crippen molar-refractivity contribution in [1.29, 1.82) is 5.26 Å². The second kappa shape index (κ2) is 3.58. The van der Waals surface area contributed by atoms with E-state index in [1.807, 2.05) is 0 Å². The quantitative estimate of drug-likeness (QED) is 0.467. The Kier molecular flexibility index (Phi) is 2.70. The Bertz CT molecular complexity index is 133. The van der Waals surface area contributed by atoms with Crippen molar-refractivity contribution < 1.29 is 0 Å². The lowest BCUT2D eigenvalue weighted by molar-refractivity contribution is 0.475. The van der Waals surface area contributed by atoms with Gasteiger partial charge in [0.05, 0.1) is 12.6 Å². The van der Waals surface area contributed by atoms with Crippen LogP contribution in [0.4, 0.5) is 0 Å². The number of nitrogens with one attached hydrogen (secondary N) is 1. The molecule has 0 aliphatic heterocycles. The summed E-state index contributed by atoms with van der Waals surface area (Å²) in [5, 5.41) is 11.3. The molecule has 1 N–H and O–H groups in total. The molecule has 1 fully saturated rings. The lowest BCUT2D eigenvalue weighted by Gasteiger charge is -2.07. The van der Waals surface area contributed by atoms with Gasteiger partial charge in [0.2, 0.25) is 0 Å². The number of rotatable bonds is 4. The fourth-order valence-electron chi connectivity index (χ4n) is 1.19. The van der Waals surface area contributed by atoms with Crippen molar-refractivity contribution in [1.82, 2.24) is 5.32 Å². The molecule has 1 unspecified atom stereocenters. The van der Waals surface area contributed by atoms with Crippen LogP contribution in [0.2, 0.25) is 0 Å². The summed E-state index contributed by atoms with van der Waals surface area (Å²) >= 11 is 0. The molecular weight excluding hydrogens is 124 g/mol. The minimum Gasteiger partial charge on any atom is -0.304 e. The Balaban J connectivity index is 1.96. The Labute approximate surface area is 62.2 Å². The molecule has 0 aromatic carbocycles. The molecule has 0 aromatic heterocycles. The normalized spacial score (nSPS) is 20.0. The van der Waals surface area contributed by atoms with E-state index >= 15 is 0 Å². The molecule has 1 rings (SSSR count). The van der Waals surface area contributed by atoms with E-state index in [4.69, 9.17) is 5.26 Å². The van der Waals surface area contributed by atoms with Gasteiger partial charge < -0.3 is 5.32 Å². The van der Waals surface area contributed by atoms with Gasteiger partial charge in [-0.05, 0) is 31.2 Å². The molecular formula is C8H14N2. The van der Waals surface area contributed by atoms with Crippen molar-refractivity contribution in [3.05, 3.63) is 0 Å². The number of hydrogen-bond acceptors (Lipinski definition) is 2. The third kappa shape index (κ3) is 2.36. The SMILES string of the molecule is CC(CNCC#N)C1CC1. The smallest absolute Gasteiger partial charge is 0.0841 e. The van der Waals surface area contributed by atoms with Crippen LogP contribution in [-0.4, -0.2) is 13.1 Å². The highest BCUT2D eigenvalue weighted by molar-refractivity contribution is 4.81. The number of nitriles is 1. The van der Waals surface area contributed by atoms with E-state index in [9.17, 15) is 0 Å². The summed E-state index contributed by atoms with van der Waals surface area (Å²) in [5.41, 5.74) is 0. The second-order valence-electron chi connectivity index (χ2n) is 3.10. The summed E-state index contributed by atoms with van der Waals surface area (Å²) in [7, 11) is 0. The Morgan fingerprint density at radius 3 is 2.90 bits per heavy atom. The molecule has 0 amide bonds. The van der Waals surface area contributed by atoms with E-state index in [1.165, 1.54) is 12.8 Å². The second-order valence-corrected chi connectivity index (χ2v) is 3.10. The lowest BCUT2D eigenvalue weighted by Crippen LogP contribution is -2.22. The average molecular weight is 138 g/mol. The molecule has 2 heteroatoms. The molecule has 0 heterocycles. The molecule has 1 saturated carbocycles. The zero-order valence-corrected chi connectivity index (χ0v) is 6.43. The molecule has 0 aromatic rings. The highest BCUT2D eigenvalue weighted by Gasteiger charge is 2.27.